The van der Waals surface area contributed by atoms with E-state index in [4.69, 9.17) is 9.84 Å². The number of rotatable bonds is 5. The second kappa shape index (κ2) is 4.35. The third-order valence-electron chi connectivity index (χ3n) is 2.49. The molecule has 1 aromatic rings. The predicted octanol–water partition coefficient (Wildman–Crippen LogP) is 1.99. The maximum absolute atomic E-state index is 10.8. The van der Waals surface area contributed by atoms with Crippen LogP contribution in [-0.2, 0) is 0 Å². The van der Waals surface area contributed by atoms with Crippen molar-refractivity contribution in [2.45, 2.75) is 12.8 Å². The zero-order chi connectivity index (χ0) is 11.5. The first-order chi connectivity index (χ1) is 7.69. The zero-order valence-electron chi connectivity index (χ0n) is 8.68. The third-order valence-corrected chi connectivity index (χ3v) is 2.49. The molecule has 0 amide bonds. The van der Waals surface area contributed by atoms with Crippen molar-refractivity contribution in [1.29, 1.82) is 0 Å². The lowest BCUT2D eigenvalue weighted by Gasteiger charge is -2.06. The van der Waals surface area contributed by atoms with E-state index in [0.717, 1.165) is 0 Å². The van der Waals surface area contributed by atoms with E-state index in [1.165, 1.54) is 25.0 Å². The maximum atomic E-state index is 10.8. The first-order valence-electron chi connectivity index (χ1n) is 5.15. The fourth-order valence-electron chi connectivity index (χ4n) is 1.40. The van der Waals surface area contributed by atoms with Gasteiger partial charge in [0, 0.05) is 5.56 Å². The molecular formula is C12H12O4. The van der Waals surface area contributed by atoms with Crippen LogP contribution in [0.4, 0.5) is 0 Å². The molecule has 0 radical (unpaired) electrons. The van der Waals surface area contributed by atoms with Crippen LogP contribution < -0.4 is 4.74 Å². The Morgan fingerprint density at radius 2 is 2.19 bits per heavy atom. The average Bonchev–Trinajstić information content (AvgIpc) is 3.09. The molecule has 4 nitrogen and oxygen atoms in total. The number of benzene rings is 1. The van der Waals surface area contributed by atoms with Gasteiger partial charge in [0.2, 0.25) is 0 Å². The van der Waals surface area contributed by atoms with E-state index in [1.54, 1.807) is 6.07 Å². The first kappa shape index (κ1) is 10.7. The Morgan fingerprint density at radius 3 is 2.75 bits per heavy atom. The van der Waals surface area contributed by atoms with Crippen LogP contribution in [0.25, 0.3) is 0 Å². The molecule has 1 aromatic carbocycles. The van der Waals surface area contributed by atoms with Gasteiger partial charge in [-0.15, -0.1) is 0 Å². The molecule has 2 rings (SSSR count). The molecule has 1 aliphatic carbocycles. The van der Waals surface area contributed by atoms with E-state index in [0.29, 0.717) is 30.1 Å². The predicted molar refractivity (Wildman–Crippen MR) is 57.0 cm³/mol. The summed E-state index contributed by atoms with van der Waals surface area (Å²) in [5.74, 6) is -0.0120. The van der Waals surface area contributed by atoms with E-state index in [2.05, 4.69) is 0 Å². The van der Waals surface area contributed by atoms with Crippen molar-refractivity contribution >= 4 is 12.3 Å². The number of carboxylic acids is 1. The normalized spacial score (nSPS) is 14.5. The van der Waals surface area contributed by atoms with Crippen molar-refractivity contribution in [3.05, 3.63) is 29.3 Å². The quantitative estimate of drug-likeness (QED) is 0.771. The van der Waals surface area contributed by atoms with Crippen molar-refractivity contribution in [2.24, 2.45) is 5.92 Å². The van der Waals surface area contributed by atoms with E-state index in [-0.39, 0.29) is 5.56 Å². The van der Waals surface area contributed by atoms with Crippen molar-refractivity contribution in [3.63, 3.8) is 0 Å². The smallest absolute Gasteiger partial charge is 0.335 e. The van der Waals surface area contributed by atoms with E-state index in [9.17, 15) is 9.59 Å². The van der Waals surface area contributed by atoms with Gasteiger partial charge >= 0.3 is 5.97 Å². The van der Waals surface area contributed by atoms with Gasteiger partial charge in [-0.2, -0.15) is 0 Å². The maximum Gasteiger partial charge on any atom is 0.335 e. The first-order valence-corrected chi connectivity index (χ1v) is 5.15. The summed E-state index contributed by atoms with van der Waals surface area (Å²) in [7, 11) is 0. The molecule has 0 heterocycles. The van der Waals surface area contributed by atoms with Crippen LogP contribution in [0.5, 0.6) is 5.75 Å². The summed E-state index contributed by atoms with van der Waals surface area (Å²) in [6, 6.07) is 4.33. The molecule has 0 aromatic heterocycles. The summed E-state index contributed by atoms with van der Waals surface area (Å²) < 4.78 is 5.44. The Bertz CT molecular complexity index is 421. The fourth-order valence-corrected chi connectivity index (χ4v) is 1.40. The van der Waals surface area contributed by atoms with Crippen LogP contribution in [-0.4, -0.2) is 24.0 Å². The molecule has 0 spiro atoms. The van der Waals surface area contributed by atoms with Gasteiger partial charge in [0.25, 0.3) is 0 Å². The number of hydrogen-bond donors (Lipinski definition) is 1. The van der Waals surface area contributed by atoms with Crippen LogP contribution >= 0.6 is 0 Å². The summed E-state index contributed by atoms with van der Waals surface area (Å²) >= 11 is 0. The topological polar surface area (TPSA) is 63.6 Å². The van der Waals surface area contributed by atoms with Gasteiger partial charge in [0.15, 0.2) is 0 Å². The van der Waals surface area contributed by atoms with Gasteiger partial charge in [-0.25, -0.2) is 4.79 Å². The molecule has 84 valence electrons. The molecule has 4 heteroatoms. The lowest BCUT2D eigenvalue weighted by Crippen LogP contribution is -2.03. The minimum atomic E-state index is -1.06. The number of carboxylic acid groups (broad SMARTS) is 1. The third kappa shape index (κ3) is 2.59. The van der Waals surface area contributed by atoms with Crippen molar-refractivity contribution < 1.29 is 19.4 Å². The molecule has 1 fully saturated rings. The molecule has 0 aliphatic heterocycles. The molecule has 1 aliphatic rings. The molecule has 1 saturated carbocycles. The lowest BCUT2D eigenvalue weighted by atomic mass is 10.1. The highest BCUT2D eigenvalue weighted by molar-refractivity contribution is 5.90. The molecule has 1 N–H and O–H groups in total. The number of ether oxygens (including phenoxy) is 1. The Kier molecular flexibility index (Phi) is 2.90. The molecule has 0 bridgehead atoms. The monoisotopic (exact) mass is 220 g/mol. The number of hydrogen-bond acceptors (Lipinski definition) is 3. The molecule has 0 atom stereocenters. The highest BCUT2D eigenvalue weighted by Crippen LogP contribution is 2.29. The van der Waals surface area contributed by atoms with Gasteiger partial charge in [-0.1, -0.05) is 0 Å². The standard InChI is InChI=1S/C12H12O4/c13-6-9-3-10(12(14)15)5-11(4-9)16-7-8-1-2-8/h3-6,8H,1-2,7H2,(H,14,15). The van der Waals surface area contributed by atoms with Crippen molar-refractivity contribution in [1.82, 2.24) is 0 Å². The van der Waals surface area contributed by atoms with E-state index < -0.39 is 5.97 Å². The molecule has 16 heavy (non-hydrogen) atoms. The Balaban J connectivity index is 2.17. The van der Waals surface area contributed by atoms with Crippen LogP contribution in [0.15, 0.2) is 18.2 Å². The number of carbonyl (C=O) groups excluding carboxylic acids is 1. The summed E-state index contributed by atoms with van der Waals surface area (Å²) in [6.07, 6.45) is 2.95. The minimum Gasteiger partial charge on any atom is -0.493 e. The van der Waals surface area contributed by atoms with E-state index in [1.807, 2.05) is 0 Å². The van der Waals surface area contributed by atoms with Gasteiger partial charge in [-0.05, 0) is 37.0 Å². The fraction of sp³-hybridized carbons (Fsp3) is 0.333. The lowest BCUT2D eigenvalue weighted by molar-refractivity contribution is 0.0696. The highest BCUT2D eigenvalue weighted by atomic mass is 16.5. The van der Waals surface area contributed by atoms with Gasteiger partial charge in [0.1, 0.15) is 12.0 Å². The number of aldehydes is 1. The summed E-state index contributed by atoms with van der Waals surface area (Å²) in [6.45, 7) is 0.599. The van der Waals surface area contributed by atoms with Crippen molar-refractivity contribution in [3.8, 4) is 5.75 Å². The average molecular weight is 220 g/mol. The summed E-state index contributed by atoms with van der Waals surface area (Å²) in [5.41, 5.74) is 0.404. The van der Waals surface area contributed by atoms with Gasteiger partial charge < -0.3 is 9.84 Å². The zero-order valence-corrected chi connectivity index (χ0v) is 8.68. The number of aromatic carboxylic acids is 1. The Hall–Kier alpha value is -1.84. The van der Waals surface area contributed by atoms with Crippen LogP contribution in [0.2, 0.25) is 0 Å². The van der Waals surface area contributed by atoms with Gasteiger partial charge in [0.05, 0.1) is 12.2 Å². The van der Waals surface area contributed by atoms with Crippen LogP contribution in [0.3, 0.4) is 0 Å². The molecule has 0 unspecified atom stereocenters. The second-order valence-corrected chi connectivity index (χ2v) is 3.97. The largest absolute Gasteiger partial charge is 0.493 e. The Labute approximate surface area is 92.8 Å². The van der Waals surface area contributed by atoms with Crippen LogP contribution in [0.1, 0.15) is 33.6 Å². The second-order valence-electron chi connectivity index (χ2n) is 3.97. The van der Waals surface area contributed by atoms with Gasteiger partial charge in [-0.3, -0.25) is 4.79 Å². The minimum absolute atomic E-state index is 0.0791. The van der Waals surface area contributed by atoms with Crippen LogP contribution in [0, 0.1) is 5.92 Å². The van der Waals surface area contributed by atoms with E-state index >= 15 is 0 Å². The van der Waals surface area contributed by atoms with Crippen molar-refractivity contribution in [2.75, 3.05) is 6.61 Å². The SMILES string of the molecule is O=Cc1cc(OCC2CC2)cc(C(=O)O)c1. The Morgan fingerprint density at radius 1 is 1.44 bits per heavy atom. The summed E-state index contributed by atoms with van der Waals surface area (Å²) in [5, 5.41) is 8.85. The number of carbonyl (C=O) groups is 2. The highest BCUT2D eigenvalue weighted by Gasteiger charge is 2.22. The molecule has 0 saturated heterocycles. The summed E-state index contributed by atoms with van der Waals surface area (Å²) in [4.78, 5) is 21.4. The molecular weight excluding hydrogens is 208 g/mol.